The van der Waals surface area contributed by atoms with E-state index >= 15 is 0 Å². The number of rotatable bonds is 2. The Hall–Kier alpha value is -1.84. The van der Waals surface area contributed by atoms with Gasteiger partial charge >= 0.3 is 11.9 Å². The van der Waals surface area contributed by atoms with E-state index in [1.807, 2.05) is 24.3 Å². The zero-order chi connectivity index (χ0) is 15.3. The van der Waals surface area contributed by atoms with E-state index in [1.54, 1.807) is 6.92 Å². The lowest BCUT2D eigenvalue weighted by Gasteiger charge is -2.52. The lowest BCUT2D eigenvalue weighted by Crippen LogP contribution is -2.57. The quantitative estimate of drug-likeness (QED) is 0.877. The zero-order valence-corrected chi connectivity index (χ0v) is 12.1. The first-order chi connectivity index (χ1) is 9.93. The van der Waals surface area contributed by atoms with Gasteiger partial charge in [-0.3, -0.25) is 9.59 Å². The van der Waals surface area contributed by atoms with Crippen LogP contribution >= 0.6 is 0 Å². The van der Waals surface area contributed by atoms with Crippen molar-refractivity contribution in [2.24, 2.45) is 11.3 Å². The normalized spacial score (nSPS) is 34.6. The lowest BCUT2D eigenvalue weighted by molar-refractivity contribution is -0.165. The summed E-state index contributed by atoms with van der Waals surface area (Å²) in [6.07, 6.45) is 3.13. The summed E-state index contributed by atoms with van der Waals surface area (Å²) in [5.74, 6) is -2.08. The van der Waals surface area contributed by atoms with Crippen LogP contribution < -0.4 is 0 Å². The maximum atomic E-state index is 12.2. The summed E-state index contributed by atoms with van der Waals surface area (Å²) in [4.78, 5) is 24.0. The van der Waals surface area contributed by atoms with E-state index in [-0.39, 0.29) is 5.92 Å². The van der Waals surface area contributed by atoms with Gasteiger partial charge in [0, 0.05) is 0 Å². The Morgan fingerprint density at radius 3 is 2.52 bits per heavy atom. The minimum Gasteiger partial charge on any atom is -0.481 e. The number of carboxylic acid groups (broad SMARTS) is 2. The van der Waals surface area contributed by atoms with E-state index in [9.17, 15) is 19.8 Å². The highest BCUT2D eigenvalue weighted by atomic mass is 16.4. The van der Waals surface area contributed by atoms with E-state index < -0.39 is 22.8 Å². The SMILES string of the molecule is CC1(C(=O)O)CCCC2(C(=O)O)c3ccccc3CCC12. The third-order valence-corrected chi connectivity index (χ3v) is 5.70. The molecular weight excluding hydrogens is 268 g/mol. The Morgan fingerprint density at radius 1 is 1.14 bits per heavy atom. The summed E-state index contributed by atoms with van der Waals surface area (Å²) in [6, 6.07) is 7.64. The maximum absolute atomic E-state index is 12.2. The number of aryl methyl sites for hydroxylation is 1. The third-order valence-electron chi connectivity index (χ3n) is 5.70. The van der Waals surface area contributed by atoms with E-state index in [0.717, 1.165) is 17.5 Å². The number of hydrogen-bond donors (Lipinski definition) is 2. The summed E-state index contributed by atoms with van der Waals surface area (Å²) < 4.78 is 0. The molecule has 0 radical (unpaired) electrons. The molecule has 2 aliphatic rings. The Morgan fingerprint density at radius 2 is 1.86 bits per heavy atom. The molecule has 0 saturated heterocycles. The molecular formula is C17H20O4. The van der Waals surface area contributed by atoms with Crippen LogP contribution in [0.25, 0.3) is 0 Å². The van der Waals surface area contributed by atoms with Crippen LogP contribution in [0.5, 0.6) is 0 Å². The van der Waals surface area contributed by atoms with Gasteiger partial charge in [-0.15, -0.1) is 0 Å². The second kappa shape index (κ2) is 4.58. The molecule has 0 bridgehead atoms. The minimum atomic E-state index is -1.04. The third kappa shape index (κ3) is 1.74. The molecule has 0 spiro atoms. The molecule has 4 heteroatoms. The van der Waals surface area contributed by atoms with Gasteiger partial charge in [-0.05, 0) is 49.7 Å². The van der Waals surface area contributed by atoms with Crippen molar-refractivity contribution in [2.45, 2.75) is 44.4 Å². The van der Waals surface area contributed by atoms with Crippen molar-refractivity contribution in [3.63, 3.8) is 0 Å². The smallest absolute Gasteiger partial charge is 0.314 e. The fourth-order valence-electron chi connectivity index (χ4n) is 4.61. The monoisotopic (exact) mass is 288 g/mol. The molecule has 1 aromatic rings. The topological polar surface area (TPSA) is 74.6 Å². The van der Waals surface area contributed by atoms with Gasteiger partial charge in [0.05, 0.1) is 10.8 Å². The zero-order valence-electron chi connectivity index (χ0n) is 12.1. The Labute approximate surface area is 123 Å². The molecule has 4 nitrogen and oxygen atoms in total. The van der Waals surface area contributed by atoms with E-state index in [0.29, 0.717) is 25.7 Å². The van der Waals surface area contributed by atoms with Crippen LogP contribution in [0.1, 0.15) is 43.7 Å². The average Bonchev–Trinajstić information content (AvgIpc) is 2.46. The number of benzene rings is 1. The molecule has 1 saturated carbocycles. The van der Waals surface area contributed by atoms with Crippen molar-refractivity contribution in [3.8, 4) is 0 Å². The second-order valence-corrected chi connectivity index (χ2v) is 6.60. The van der Waals surface area contributed by atoms with Crippen LogP contribution in [0.4, 0.5) is 0 Å². The van der Waals surface area contributed by atoms with Gasteiger partial charge in [0.25, 0.3) is 0 Å². The van der Waals surface area contributed by atoms with Crippen molar-refractivity contribution in [1.82, 2.24) is 0 Å². The molecule has 3 rings (SSSR count). The molecule has 0 aliphatic heterocycles. The first-order valence-electron chi connectivity index (χ1n) is 7.48. The highest BCUT2D eigenvalue weighted by Crippen LogP contribution is 2.57. The van der Waals surface area contributed by atoms with Crippen LogP contribution in [0.2, 0.25) is 0 Å². The van der Waals surface area contributed by atoms with Crippen LogP contribution in [0.15, 0.2) is 24.3 Å². The molecule has 1 fully saturated rings. The molecule has 1 aromatic carbocycles. The predicted molar refractivity (Wildman–Crippen MR) is 77.2 cm³/mol. The van der Waals surface area contributed by atoms with Crippen LogP contribution in [-0.2, 0) is 21.4 Å². The largest absolute Gasteiger partial charge is 0.481 e. The fourth-order valence-corrected chi connectivity index (χ4v) is 4.61. The number of hydrogen-bond acceptors (Lipinski definition) is 2. The summed E-state index contributed by atoms with van der Waals surface area (Å²) in [7, 11) is 0. The molecule has 0 amide bonds. The fraction of sp³-hybridized carbons (Fsp3) is 0.529. The van der Waals surface area contributed by atoms with Gasteiger partial charge in [0.2, 0.25) is 0 Å². The number of fused-ring (bicyclic) bond motifs is 3. The Kier molecular flexibility index (Phi) is 3.08. The highest BCUT2D eigenvalue weighted by Gasteiger charge is 2.61. The summed E-state index contributed by atoms with van der Waals surface area (Å²) in [5, 5.41) is 19.7. The van der Waals surface area contributed by atoms with Gasteiger partial charge in [-0.1, -0.05) is 30.7 Å². The van der Waals surface area contributed by atoms with Gasteiger partial charge in [-0.25, -0.2) is 0 Å². The van der Waals surface area contributed by atoms with Gasteiger partial charge < -0.3 is 10.2 Å². The van der Waals surface area contributed by atoms with Gasteiger partial charge in [0.1, 0.15) is 0 Å². The number of carbonyl (C=O) groups is 2. The maximum Gasteiger partial charge on any atom is 0.314 e. The number of aliphatic carboxylic acids is 2. The molecule has 0 heterocycles. The predicted octanol–water partition coefficient (Wildman–Crippen LogP) is 2.85. The molecule has 3 unspecified atom stereocenters. The second-order valence-electron chi connectivity index (χ2n) is 6.60. The molecule has 0 aromatic heterocycles. The van der Waals surface area contributed by atoms with Gasteiger partial charge in [-0.2, -0.15) is 0 Å². The summed E-state index contributed by atoms with van der Waals surface area (Å²) >= 11 is 0. The standard InChI is InChI=1S/C17H20O4/c1-16(14(18)19)9-4-10-17(15(20)21)12-6-3-2-5-11(12)7-8-13(16)17/h2-3,5-6,13H,4,7-10H2,1H3,(H,18,19)(H,20,21). The van der Waals surface area contributed by atoms with E-state index in [2.05, 4.69) is 0 Å². The highest BCUT2D eigenvalue weighted by molar-refractivity contribution is 5.86. The summed E-state index contributed by atoms with van der Waals surface area (Å²) in [5.41, 5.74) is -0.101. The van der Waals surface area contributed by atoms with E-state index in [1.165, 1.54) is 0 Å². The van der Waals surface area contributed by atoms with Crippen LogP contribution in [-0.4, -0.2) is 22.2 Å². The van der Waals surface area contributed by atoms with E-state index in [4.69, 9.17) is 0 Å². The van der Waals surface area contributed by atoms with Gasteiger partial charge in [0.15, 0.2) is 0 Å². The lowest BCUT2D eigenvalue weighted by atomic mass is 9.49. The molecule has 2 aliphatic carbocycles. The minimum absolute atomic E-state index is 0.344. The van der Waals surface area contributed by atoms with Crippen LogP contribution in [0.3, 0.4) is 0 Å². The number of carboxylic acids is 2. The van der Waals surface area contributed by atoms with Crippen molar-refractivity contribution < 1.29 is 19.8 Å². The molecule has 21 heavy (non-hydrogen) atoms. The van der Waals surface area contributed by atoms with Crippen molar-refractivity contribution >= 4 is 11.9 Å². The Bertz CT molecular complexity index is 609. The van der Waals surface area contributed by atoms with Crippen molar-refractivity contribution in [2.75, 3.05) is 0 Å². The average molecular weight is 288 g/mol. The van der Waals surface area contributed by atoms with Crippen molar-refractivity contribution in [3.05, 3.63) is 35.4 Å². The molecule has 112 valence electrons. The molecule has 2 N–H and O–H groups in total. The molecule has 3 atom stereocenters. The Balaban J connectivity index is 2.23. The van der Waals surface area contributed by atoms with Crippen molar-refractivity contribution in [1.29, 1.82) is 0 Å². The van der Waals surface area contributed by atoms with Crippen LogP contribution in [0, 0.1) is 11.3 Å². The summed E-state index contributed by atoms with van der Waals surface area (Å²) in [6.45, 7) is 1.73. The first-order valence-corrected chi connectivity index (χ1v) is 7.48. The first kappa shape index (κ1) is 14.1.